The molecule has 0 saturated carbocycles. The number of piperazine rings is 1. The van der Waals surface area contributed by atoms with Gasteiger partial charge in [-0.1, -0.05) is 20.8 Å². The standard InChI is InChI=1S/C12H22N2O2/c1-7-11(16)14(8(2)10(15)13-7)9(3)12(4,5)6/h7-9H,1-6H3,(H,13,15). The van der Waals surface area contributed by atoms with Crippen molar-refractivity contribution < 1.29 is 9.59 Å². The van der Waals surface area contributed by atoms with E-state index >= 15 is 0 Å². The van der Waals surface area contributed by atoms with Crippen LogP contribution >= 0.6 is 0 Å². The lowest BCUT2D eigenvalue weighted by Gasteiger charge is -2.44. The van der Waals surface area contributed by atoms with E-state index in [1.807, 2.05) is 6.92 Å². The molecular weight excluding hydrogens is 204 g/mol. The molecule has 92 valence electrons. The van der Waals surface area contributed by atoms with Crippen molar-refractivity contribution in [2.45, 2.75) is 59.7 Å². The molecule has 16 heavy (non-hydrogen) atoms. The highest BCUT2D eigenvalue weighted by Gasteiger charge is 2.41. The minimum absolute atomic E-state index is 0.00882. The van der Waals surface area contributed by atoms with Crippen molar-refractivity contribution in [1.29, 1.82) is 0 Å². The largest absolute Gasteiger partial charge is 0.343 e. The lowest BCUT2D eigenvalue weighted by Crippen LogP contribution is -2.65. The predicted molar refractivity (Wildman–Crippen MR) is 62.8 cm³/mol. The maximum absolute atomic E-state index is 12.1. The Balaban J connectivity index is 2.99. The van der Waals surface area contributed by atoms with E-state index in [1.165, 1.54) is 0 Å². The normalized spacial score (nSPS) is 29.0. The molecule has 0 aromatic heterocycles. The van der Waals surface area contributed by atoms with Crippen molar-refractivity contribution in [3.8, 4) is 0 Å². The fourth-order valence-corrected chi connectivity index (χ4v) is 1.88. The molecule has 2 amide bonds. The van der Waals surface area contributed by atoms with Crippen molar-refractivity contribution in [3.05, 3.63) is 0 Å². The molecule has 4 nitrogen and oxygen atoms in total. The molecule has 0 spiro atoms. The molecule has 3 unspecified atom stereocenters. The Labute approximate surface area is 97.4 Å². The molecule has 0 aromatic rings. The summed E-state index contributed by atoms with van der Waals surface area (Å²) in [6, 6.07) is -0.741. The van der Waals surface area contributed by atoms with Crippen LogP contribution in [0.15, 0.2) is 0 Å². The van der Waals surface area contributed by atoms with Crippen LogP contribution in [0.25, 0.3) is 0 Å². The van der Waals surface area contributed by atoms with E-state index in [0.29, 0.717) is 0 Å². The highest BCUT2D eigenvalue weighted by atomic mass is 16.2. The van der Waals surface area contributed by atoms with E-state index in [1.54, 1.807) is 18.7 Å². The van der Waals surface area contributed by atoms with E-state index in [4.69, 9.17) is 0 Å². The van der Waals surface area contributed by atoms with E-state index in [9.17, 15) is 9.59 Å². The first-order chi connectivity index (χ1) is 7.16. The lowest BCUT2D eigenvalue weighted by molar-refractivity contribution is -0.152. The summed E-state index contributed by atoms with van der Waals surface area (Å²) in [5, 5.41) is 2.68. The minimum atomic E-state index is -0.409. The van der Waals surface area contributed by atoms with Crippen LogP contribution in [0.1, 0.15) is 41.5 Å². The molecule has 0 radical (unpaired) electrons. The van der Waals surface area contributed by atoms with Crippen LogP contribution in [0.4, 0.5) is 0 Å². The molecule has 0 aromatic carbocycles. The molecule has 0 aliphatic carbocycles. The molecule has 1 aliphatic heterocycles. The third-order valence-corrected chi connectivity index (χ3v) is 3.45. The summed E-state index contributed by atoms with van der Waals surface area (Å²) < 4.78 is 0. The molecule has 1 aliphatic rings. The average Bonchev–Trinajstić information content (AvgIpc) is 2.13. The first-order valence-corrected chi connectivity index (χ1v) is 5.79. The number of hydrogen-bond acceptors (Lipinski definition) is 2. The molecule has 1 fully saturated rings. The number of carbonyl (C=O) groups excluding carboxylic acids is 2. The quantitative estimate of drug-likeness (QED) is 0.729. The van der Waals surface area contributed by atoms with Gasteiger partial charge in [0.15, 0.2) is 0 Å². The number of rotatable bonds is 1. The van der Waals surface area contributed by atoms with Crippen LogP contribution in [0.3, 0.4) is 0 Å². The number of carbonyl (C=O) groups is 2. The second-order valence-electron chi connectivity index (χ2n) is 5.69. The minimum Gasteiger partial charge on any atom is -0.343 e. The molecule has 4 heteroatoms. The zero-order valence-electron chi connectivity index (χ0n) is 11.0. The molecule has 1 heterocycles. The summed E-state index contributed by atoms with van der Waals surface area (Å²) in [6.45, 7) is 11.7. The molecule has 3 atom stereocenters. The first-order valence-electron chi connectivity index (χ1n) is 5.79. The Morgan fingerprint density at radius 1 is 1.25 bits per heavy atom. The average molecular weight is 226 g/mol. The first kappa shape index (κ1) is 13.0. The van der Waals surface area contributed by atoms with Gasteiger partial charge >= 0.3 is 0 Å². The molecule has 1 N–H and O–H groups in total. The van der Waals surface area contributed by atoms with Crippen LogP contribution in [0.5, 0.6) is 0 Å². The molecule has 1 rings (SSSR count). The predicted octanol–water partition coefficient (Wildman–Crippen LogP) is 1.16. The Morgan fingerprint density at radius 2 is 1.75 bits per heavy atom. The van der Waals surface area contributed by atoms with Gasteiger partial charge in [0.2, 0.25) is 11.8 Å². The van der Waals surface area contributed by atoms with Gasteiger partial charge in [0, 0.05) is 6.04 Å². The highest BCUT2D eigenvalue weighted by molar-refractivity contribution is 5.96. The third kappa shape index (κ3) is 2.20. The van der Waals surface area contributed by atoms with Crippen LogP contribution in [-0.4, -0.2) is 34.8 Å². The number of amides is 2. The maximum Gasteiger partial charge on any atom is 0.245 e. The Kier molecular flexibility index (Phi) is 3.31. The molecule has 0 bridgehead atoms. The summed E-state index contributed by atoms with van der Waals surface area (Å²) >= 11 is 0. The zero-order chi connectivity index (χ0) is 12.7. The second-order valence-corrected chi connectivity index (χ2v) is 5.69. The van der Waals surface area contributed by atoms with E-state index in [-0.39, 0.29) is 29.3 Å². The summed E-state index contributed by atoms with van der Waals surface area (Å²) in [7, 11) is 0. The van der Waals surface area contributed by atoms with Crippen molar-refractivity contribution in [1.82, 2.24) is 10.2 Å². The second kappa shape index (κ2) is 4.07. The van der Waals surface area contributed by atoms with Crippen molar-refractivity contribution in [2.75, 3.05) is 0 Å². The molecular formula is C12H22N2O2. The summed E-state index contributed by atoms with van der Waals surface area (Å²) in [5.41, 5.74) is -0.0265. The number of nitrogens with zero attached hydrogens (tertiary/aromatic N) is 1. The zero-order valence-corrected chi connectivity index (χ0v) is 11.0. The van der Waals surface area contributed by atoms with Gasteiger partial charge in [-0.25, -0.2) is 0 Å². The van der Waals surface area contributed by atoms with Crippen LogP contribution in [-0.2, 0) is 9.59 Å². The fraction of sp³-hybridized carbons (Fsp3) is 0.833. The van der Waals surface area contributed by atoms with E-state index < -0.39 is 6.04 Å². The van der Waals surface area contributed by atoms with Gasteiger partial charge in [0.1, 0.15) is 12.1 Å². The van der Waals surface area contributed by atoms with E-state index in [2.05, 4.69) is 26.1 Å². The Bertz CT molecular complexity index is 307. The summed E-state index contributed by atoms with van der Waals surface area (Å²) in [6.07, 6.45) is 0. The SMILES string of the molecule is CC1NC(=O)C(C)N(C(C)C(C)(C)C)C1=O. The van der Waals surface area contributed by atoms with Gasteiger partial charge < -0.3 is 10.2 Å². The van der Waals surface area contributed by atoms with Crippen LogP contribution in [0, 0.1) is 5.41 Å². The number of nitrogens with one attached hydrogen (secondary N) is 1. The summed E-state index contributed by atoms with van der Waals surface area (Å²) in [4.78, 5) is 25.5. The third-order valence-electron chi connectivity index (χ3n) is 3.45. The molecule has 1 saturated heterocycles. The lowest BCUT2D eigenvalue weighted by atomic mass is 9.85. The monoisotopic (exact) mass is 226 g/mol. The highest BCUT2D eigenvalue weighted by Crippen LogP contribution is 2.27. The van der Waals surface area contributed by atoms with Crippen LogP contribution in [0.2, 0.25) is 0 Å². The fourth-order valence-electron chi connectivity index (χ4n) is 1.88. The van der Waals surface area contributed by atoms with Crippen molar-refractivity contribution in [2.24, 2.45) is 5.41 Å². The van der Waals surface area contributed by atoms with Crippen LogP contribution < -0.4 is 5.32 Å². The Hall–Kier alpha value is -1.06. The topological polar surface area (TPSA) is 49.4 Å². The van der Waals surface area contributed by atoms with Gasteiger partial charge in [-0.05, 0) is 26.2 Å². The van der Waals surface area contributed by atoms with Gasteiger partial charge in [-0.2, -0.15) is 0 Å². The summed E-state index contributed by atoms with van der Waals surface area (Å²) in [5.74, 6) is -0.0577. The Morgan fingerprint density at radius 3 is 2.19 bits per heavy atom. The van der Waals surface area contributed by atoms with Gasteiger partial charge in [0.25, 0.3) is 0 Å². The maximum atomic E-state index is 12.1. The van der Waals surface area contributed by atoms with Crippen molar-refractivity contribution in [3.63, 3.8) is 0 Å². The van der Waals surface area contributed by atoms with Gasteiger partial charge in [0.05, 0.1) is 0 Å². The number of hydrogen-bond donors (Lipinski definition) is 1. The van der Waals surface area contributed by atoms with Crippen molar-refractivity contribution >= 4 is 11.8 Å². The smallest absolute Gasteiger partial charge is 0.245 e. The van der Waals surface area contributed by atoms with E-state index in [0.717, 1.165) is 0 Å². The van der Waals surface area contributed by atoms with Gasteiger partial charge in [-0.3, -0.25) is 9.59 Å². The van der Waals surface area contributed by atoms with Gasteiger partial charge in [-0.15, -0.1) is 0 Å².